The van der Waals surface area contributed by atoms with Crippen molar-refractivity contribution < 1.29 is 9.13 Å². The lowest BCUT2D eigenvalue weighted by Gasteiger charge is -2.11. The first-order valence-corrected chi connectivity index (χ1v) is 5.89. The first kappa shape index (κ1) is 13.1. The van der Waals surface area contributed by atoms with Crippen molar-refractivity contribution in [3.8, 4) is 5.75 Å². The molecule has 0 unspecified atom stereocenters. The number of aryl methyl sites for hydroxylation is 1. The molecule has 0 saturated heterocycles. The first-order chi connectivity index (χ1) is 9.08. The Balaban J connectivity index is 2.19. The summed E-state index contributed by atoms with van der Waals surface area (Å²) in [6, 6.07) is 11.9. The fourth-order valence-electron chi connectivity index (χ4n) is 1.79. The molecule has 0 bridgehead atoms. The predicted octanol–water partition coefficient (Wildman–Crippen LogP) is 3.00. The molecule has 0 amide bonds. The summed E-state index contributed by atoms with van der Waals surface area (Å²) < 4.78 is 19.0. The largest absolute Gasteiger partial charge is 0.486 e. The number of ether oxygens (including phenoxy) is 1. The van der Waals surface area contributed by atoms with Crippen LogP contribution in [0.25, 0.3) is 0 Å². The Labute approximate surface area is 111 Å². The summed E-state index contributed by atoms with van der Waals surface area (Å²) in [5.74, 6) is -0.215. The average molecular weight is 258 g/mol. The standard InChI is InChI=1S/C15H15FN2O/c1-10-6-7-13(16)14(8-10)19-9-11-4-2-3-5-12(11)15(17)18/h2-8H,9H2,1H3,(H3,17,18). The van der Waals surface area contributed by atoms with Crippen LogP contribution in [0.4, 0.5) is 4.39 Å². The maximum Gasteiger partial charge on any atom is 0.165 e. The first-order valence-electron chi connectivity index (χ1n) is 5.89. The second-order valence-electron chi connectivity index (χ2n) is 4.29. The van der Waals surface area contributed by atoms with Crippen molar-refractivity contribution >= 4 is 5.84 Å². The van der Waals surface area contributed by atoms with E-state index in [1.807, 2.05) is 19.1 Å². The van der Waals surface area contributed by atoms with Crippen LogP contribution in [0.15, 0.2) is 42.5 Å². The van der Waals surface area contributed by atoms with Crippen molar-refractivity contribution in [1.82, 2.24) is 0 Å². The minimum atomic E-state index is -0.397. The average Bonchev–Trinajstić information content (AvgIpc) is 2.40. The van der Waals surface area contributed by atoms with Gasteiger partial charge < -0.3 is 10.5 Å². The van der Waals surface area contributed by atoms with Crippen molar-refractivity contribution in [3.63, 3.8) is 0 Å². The monoisotopic (exact) mass is 258 g/mol. The fourth-order valence-corrected chi connectivity index (χ4v) is 1.79. The zero-order chi connectivity index (χ0) is 13.8. The number of hydrogen-bond acceptors (Lipinski definition) is 2. The van der Waals surface area contributed by atoms with E-state index in [1.54, 1.807) is 24.3 Å². The SMILES string of the molecule is Cc1ccc(F)c(OCc2ccccc2C(=N)N)c1. The number of amidine groups is 1. The van der Waals surface area contributed by atoms with Gasteiger partial charge in [0.1, 0.15) is 12.4 Å². The molecule has 98 valence electrons. The Morgan fingerprint density at radius 3 is 2.74 bits per heavy atom. The van der Waals surface area contributed by atoms with Gasteiger partial charge in [-0.05, 0) is 24.6 Å². The molecule has 2 aromatic rings. The molecule has 0 atom stereocenters. The molecule has 0 fully saturated rings. The zero-order valence-corrected chi connectivity index (χ0v) is 10.6. The second-order valence-corrected chi connectivity index (χ2v) is 4.29. The molecule has 0 heterocycles. The smallest absolute Gasteiger partial charge is 0.165 e. The van der Waals surface area contributed by atoms with Gasteiger partial charge in [0, 0.05) is 11.1 Å². The summed E-state index contributed by atoms with van der Waals surface area (Å²) in [4.78, 5) is 0. The summed E-state index contributed by atoms with van der Waals surface area (Å²) in [6.07, 6.45) is 0. The predicted molar refractivity (Wildman–Crippen MR) is 72.9 cm³/mol. The van der Waals surface area contributed by atoms with E-state index in [9.17, 15) is 4.39 Å². The van der Waals surface area contributed by atoms with Crippen LogP contribution < -0.4 is 10.5 Å². The van der Waals surface area contributed by atoms with Gasteiger partial charge in [-0.3, -0.25) is 5.41 Å². The Bertz CT molecular complexity index is 611. The number of rotatable bonds is 4. The van der Waals surface area contributed by atoms with Gasteiger partial charge in [-0.1, -0.05) is 30.3 Å². The van der Waals surface area contributed by atoms with Crippen LogP contribution in [-0.2, 0) is 6.61 Å². The Hall–Kier alpha value is -2.36. The van der Waals surface area contributed by atoms with E-state index in [0.717, 1.165) is 11.1 Å². The lowest BCUT2D eigenvalue weighted by molar-refractivity contribution is 0.290. The molecule has 0 aliphatic carbocycles. The third kappa shape index (κ3) is 3.10. The molecule has 3 N–H and O–H groups in total. The van der Waals surface area contributed by atoms with Gasteiger partial charge in [-0.25, -0.2) is 4.39 Å². The lowest BCUT2D eigenvalue weighted by Crippen LogP contribution is -2.14. The Morgan fingerprint density at radius 2 is 2.00 bits per heavy atom. The number of nitrogens with one attached hydrogen (secondary N) is 1. The van der Waals surface area contributed by atoms with Crippen LogP contribution in [0.1, 0.15) is 16.7 Å². The number of nitrogens with two attached hydrogens (primary N) is 1. The van der Waals surface area contributed by atoms with E-state index in [1.165, 1.54) is 6.07 Å². The van der Waals surface area contributed by atoms with Crippen LogP contribution in [0, 0.1) is 18.2 Å². The third-order valence-electron chi connectivity index (χ3n) is 2.78. The number of halogens is 1. The van der Waals surface area contributed by atoms with Crippen LogP contribution in [0.2, 0.25) is 0 Å². The van der Waals surface area contributed by atoms with Gasteiger partial charge in [0.15, 0.2) is 11.6 Å². The molecule has 0 aliphatic heterocycles. The summed E-state index contributed by atoms with van der Waals surface area (Å²) >= 11 is 0. The molecular weight excluding hydrogens is 243 g/mol. The van der Waals surface area contributed by atoms with Gasteiger partial charge in [-0.15, -0.1) is 0 Å². The second kappa shape index (κ2) is 5.52. The van der Waals surface area contributed by atoms with Gasteiger partial charge >= 0.3 is 0 Å². The summed E-state index contributed by atoms with van der Waals surface area (Å²) in [6.45, 7) is 2.05. The normalized spacial score (nSPS) is 10.2. The number of nitrogen functional groups attached to an aromatic ring is 1. The highest BCUT2D eigenvalue weighted by atomic mass is 19.1. The van der Waals surface area contributed by atoms with Gasteiger partial charge in [0.25, 0.3) is 0 Å². The third-order valence-corrected chi connectivity index (χ3v) is 2.78. The maximum atomic E-state index is 13.5. The van der Waals surface area contributed by atoms with Crippen LogP contribution >= 0.6 is 0 Å². The van der Waals surface area contributed by atoms with Gasteiger partial charge in [-0.2, -0.15) is 0 Å². The van der Waals surface area contributed by atoms with Gasteiger partial charge in [0.2, 0.25) is 0 Å². The van der Waals surface area contributed by atoms with Crippen molar-refractivity contribution in [1.29, 1.82) is 5.41 Å². The van der Waals surface area contributed by atoms with Crippen molar-refractivity contribution in [2.75, 3.05) is 0 Å². The molecule has 0 radical (unpaired) electrons. The van der Waals surface area contributed by atoms with E-state index >= 15 is 0 Å². The molecule has 4 heteroatoms. The fraction of sp³-hybridized carbons (Fsp3) is 0.133. The van der Waals surface area contributed by atoms with E-state index in [-0.39, 0.29) is 18.2 Å². The molecule has 0 aliphatic rings. The highest BCUT2D eigenvalue weighted by Crippen LogP contribution is 2.20. The van der Waals surface area contributed by atoms with E-state index in [2.05, 4.69) is 0 Å². The van der Waals surface area contributed by atoms with Crippen LogP contribution in [-0.4, -0.2) is 5.84 Å². The molecular formula is C15H15FN2O. The zero-order valence-electron chi connectivity index (χ0n) is 10.6. The highest BCUT2D eigenvalue weighted by molar-refractivity contribution is 5.96. The minimum Gasteiger partial charge on any atom is -0.486 e. The van der Waals surface area contributed by atoms with Crippen molar-refractivity contribution in [2.24, 2.45) is 5.73 Å². The quantitative estimate of drug-likeness (QED) is 0.654. The Morgan fingerprint density at radius 1 is 1.26 bits per heavy atom. The van der Waals surface area contributed by atoms with E-state index in [0.29, 0.717) is 5.56 Å². The topological polar surface area (TPSA) is 59.1 Å². The van der Waals surface area contributed by atoms with Gasteiger partial charge in [0.05, 0.1) is 0 Å². The summed E-state index contributed by atoms with van der Waals surface area (Å²) in [5, 5.41) is 7.48. The van der Waals surface area contributed by atoms with Crippen LogP contribution in [0.3, 0.4) is 0 Å². The van der Waals surface area contributed by atoms with Crippen molar-refractivity contribution in [2.45, 2.75) is 13.5 Å². The summed E-state index contributed by atoms with van der Waals surface area (Å²) in [7, 11) is 0. The number of benzene rings is 2. The van der Waals surface area contributed by atoms with Crippen LogP contribution in [0.5, 0.6) is 5.75 Å². The van der Waals surface area contributed by atoms with E-state index < -0.39 is 5.82 Å². The highest BCUT2D eigenvalue weighted by Gasteiger charge is 2.07. The van der Waals surface area contributed by atoms with E-state index in [4.69, 9.17) is 15.9 Å². The molecule has 3 nitrogen and oxygen atoms in total. The maximum absolute atomic E-state index is 13.5. The molecule has 0 aromatic heterocycles. The molecule has 0 saturated carbocycles. The molecule has 2 aromatic carbocycles. The summed E-state index contributed by atoms with van der Waals surface area (Å²) in [5.41, 5.74) is 7.79. The van der Waals surface area contributed by atoms with Crippen molar-refractivity contribution in [3.05, 3.63) is 65.0 Å². The number of hydrogen-bond donors (Lipinski definition) is 2. The molecule has 19 heavy (non-hydrogen) atoms. The molecule has 0 spiro atoms. The molecule has 2 rings (SSSR count). The Kier molecular flexibility index (Phi) is 3.80. The lowest BCUT2D eigenvalue weighted by atomic mass is 10.1. The minimum absolute atomic E-state index is 0.0242.